The van der Waals surface area contributed by atoms with E-state index in [0.29, 0.717) is 51.7 Å². The molecule has 3 amide bonds. The number of carboxylic acid groups (broad SMARTS) is 1. The molecule has 2 heterocycles. The minimum atomic E-state index is -1.08. The molecule has 228 valence electrons. The van der Waals surface area contributed by atoms with Crippen LogP contribution >= 0.6 is 0 Å². The van der Waals surface area contributed by atoms with Crippen LogP contribution in [-0.4, -0.2) is 89.1 Å². The number of ether oxygens (including phenoxy) is 1. The smallest absolute Gasteiger partial charge is 0.410 e. The molecule has 2 saturated heterocycles. The van der Waals surface area contributed by atoms with Crippen LogP contribution in [0, 0.1) is 5.41 Å². The second kappa shape index (κ2) is 13.1. The second-order valence-electron chi connectivity index (χ2n) is 11.2. The summed E-state index contributed by atoms with van der Waals surface area (Å²) in [4.78, 5) is 54.7. The third-order valence-corrected chi connectivity index (χ3v) is 8.55. The van der Waals surface area contributed by atoms with Crippen LogP contribution in [0.1, 0.15) is 55.6 Å². The Labute approximate surface area is 250 Å². The van der Waals surface area contributed by atoms with Crippen LogP contribution in [0.15, 0.2) is 48.5 Å². The Bertz CT molecular complexity index is 1350. The molecule has 43 heavy (non-hydrogen) atoms. The van der Waals surface area contributed by atoms with Crippen LogP contribution in [-0.2, 0) is 19.1 Å². The van der Waals surface area contributed by atoms with Gasteiger partial charge in [-0.3, -0.25) is 19.9 Å². The lowest BCUT2D eigenvalue weighted by Gasteiger charge is -2.30. The third-order valence-electron chi connectivity index (χ3n) is 8.55. The van der Waals surface area contributed by atoms with Crippen molar-refractivity contribution < 1.29 is 29.0 Å². The van der Waals surface area contributed by atoms with E-state index in [4.69, 9.17) is 15.9 Å². The van der Waals surface area contributed by atoms with Crippen molar-refractivity contribution in [3.05, 3.63) is 59.7 Å². The van der Waals surface area contributed by atoms with Crippen molar-refractivity contribution >= 4 is 29.8 Å². The number of aliphatic carboxylic acids is 1. The lowest BCUT2D eigenvalue weighted by atomic mass is 9.98. The summed E-state index contributed by atoms with van der Waals surface area (Å²) < 4.78 is 5.81. The number of rotatable bonds is 10. The summed E-state index contributed by atoms with van der Waals surface area (Å²) in [5, 5.41) is 22.4. The number of amides is 3. The normalized spacial score (nSPS) is 19.8. The first kappa shape index (κ1) is 29.9. The minimum Gasteiger partial charge on any atom is -0.480 e. The Morgan fingerprint density at radius 3 is 2.19 bits per heavy atom. The highest BCUT2D eigenvalue weighted by Gasteiger charge is 2.41. The van der Waals surface area contributed by atoms with Crippen LogP contribution in [0.25, 0.3) is 11.1 Å². The quantitative estimate of drug-likeness (QED) is 0.159. The Morgan fingerprint density at radius 1 is 0.953 bits per heavy atom. The van der Waals surface area contributed by atoms with Gasteiger partial charge in [-0.2, -0.15) is 0 Å². The van der Waals surface area contributed by atoms with E-state index in [2.05, 4.69) is 22.8 Å². The van der Waals surface area contributed by atoms with Gasteiger partial charge in [0.05, 0.1) is 0 Å². The summed E-state index contributed by atoms with van der Waals surface area (Å²) in [5.74, 6) is -2.34. The molecule has 0 saturated carbocycles. The van der Waals surface area contributed by atoms with Gasteiger partial charge in [0.15, 0.2) is 5.96 Å². The van der Waals surface area contributed by atoms with Gasteiger partial charge < -0.3 is 31.1 Å². The van der Waals surface area contributed by atoms with E-state index in [0.717, 1.165) is 22.3 Å². The minimum absolute atomic E-state index is 0.112. The molecule has 2 aromatic carbocycles. The SMILES string of the molecule is N=C(N)NCCC[C@H](NC(=O)[C@@H]1CCCN1C(=O)OCC1c2ccccc2-c2ccccc21)C(=O)N1CCC[C@H]1C(=O)O. The van der Waals surface area contributed by atoms with Crippen LogP contribution < -0.4 is 16.4 Å². The summed E-state index contributed by atoms with van der Waals surface area (Å²) in [6.07, 6.45) is 1.98. The molecule has 12 heteroatoms. The number of fused-ring (bicyclic) bond motifs is 3. The van der Waals surface area contributed by atoms with Crippen molar-refractivity contribution in [2.45, 2.75) is 62.6 Å². The van der Waals surface area contributed by atoms with Gasteiger partial charge in [0.2, 0.25) is 11.8 Å². The lowest BCUT2D eigenvalue weighted by molar-refractivity contribution is -0.149. The molecule has 2 aromatic rings. The van der Waals surface area contributed by atoms with Gasteiger partial charge >= 0.3 is 12.1 Å². The Hall–Kier alpha value is -4.61. The lowest BCUT2D eigenvalue weighted by Crippen LogP contribution is -2.55. The zero-order valence-electron chi connectivity index (χ0n) is 24.0. The number of carbonyl (C=O) groups excluding carboxylic acids is 3. The van der Waals surface area contributed by atoms with Gasteiger partial charge in [0, 0.05) is 25.6 Å². The summed E-state index contributed by atoms with van der Waals surface area (Å²) >= 11 is 0. The predicted molar refractivity (Wildman–Crippen MR) is 158 cm³/mol. The van der Waals surface area contributed by atoms with E-state index in [1.54, 1.807) is 0 Å². The molecule has 2 fully saturated rings. The predicted octanol–water partition coefficient (Wildman–Crippen LogP) is 2.22. The summed E-state index contributed by atoms with van der Waals surface area (Å²) in [5.41, 5.74) is 9.78. The molecule has 3 aliphatic rings. The van der Waals surface area contributed by atoms with Crippen LogP contribution in [0.5, 0.6) is 0 Å². The fraction of sp³-hybridized carbons (Fsp3) is 0.452. The summed E-state index contributed by atoms with van der Waals surface area (Å²) in [6.45, 7) is 1.09. The number of nitrogens with two attached hydrogens (primary N) is 1. The van der Waals surface area contributed by atoms with E-state index < -0.39 is 42.0 Å². The van der Waals surface area contributed by atoms with Crippen molar-refractivity contribution in [1.29, 1.82) is 5.41 Å². The Morgan fingerprint density at radius 2 is 1.56 bits per heavy atom. The number of guanidine groups is 1. The molecule has 0 radical (unpaired) electrons. The van der Waals surface area contributed by atoms with E-state index in [9.17, 15) is 24.3 Å². The fourth-order valence-corrected chi connectivity index (χ4v) is 6.48. The molecule has 0 unspecified atom stereocenters. The van der Waals surface area contributed by atoms with E-state index in [1.807, 2.05) is 36.4 Å². The number of carboxylic acids is 1. The molecular weight excluding hydrogens is 552 g/mol. The molecule has 0 spiro atoms. The Balaban J connectivity index is 1.24. The highest BCUT2D eigenvalue weighted by Crippen LogP contribution is 2.44. The maximum atomic E-state index is 13.5. The average molecular weight is 591 g/mol. The monoisotopic (exact) mass is 590 g/mol. The van der Waals surface area contributed by atoms with Crippen molar-refractivity contribution in [1.82, 2.24) is 20.4 Å². The van der Waals surface area contributed by atoms with Gasteiger partial charge in [-0.25, -0.2) is 9.59 Å². The zero-order chi connectivity index (χ0) is 30.5. The molecule has 6 N–H and O–H groups in total. The first-order valence-corrected chi connectivity index (χ1v) is 14.8. The maximum absolute atomic E-state index is 13.5. The number of nitrogens with zero attached hydrogens (tertiary/aromatic N) is 2. The Kier molecular flexibility index (Phi) is 9.13. The van der Waals surface area contributed by atoms with Crippen molar-refractivity contribution in [2.75, 3.05) is 26.2 Å². The molecule has 1 aliphatic carbocycles. The number of carbonyl (C=O) groups is 4. The highest BCUT2D eigenvalue weighted by atomic mass is 16.6. The summed E-state index contributed by atoms with van der Waals surface area (Å²) in [7, 11) is 0. The number of likely N-dealkylation sites (tertiary alicyclic amines) is 2. The molecule has 5 rings (SSSR count). The largest absolute Gasteiger partial charge is 0.480 e. The first-order chi connectivity index (χ1) is 20.8. The fourth-order valence-electron chi connectivity index (χ4n) is 6.48. The number of hydrogen-bond acceptors (Lipinski definition) is 6. The first-order valence-electron chi connectivity index (χ1n) is 14.8. The van der Waals surface area contributed by atoms with Gasteiger partial charge in [-0.15, -0.1) is 0 Å². The average Bonchev–Trinajstić information content (AvgIpc) is 3.75. The highest BCUT2D eigenvalue weighted by molar-refractivity contribution is 5.93. The van der Waals surface area contributed by atoms with Gasteiger partial charge in [-0.05, 0) is 60.8 Å². The molecule has 0 bridgehead atoms. The van der Waals surface area contributed by atoms with E-state index in [1.165, 1.54) is 9.80 Å². The molecular formula is C31H38N6O6. The number of hydrogen-bond donors (Lipinski definition) is 5. The van der Waals surface area contributed by atoms with Crippen LogP contribution in [0.3, 0.4) is 0 Å². The van der Waals surface area contributed by atoms with Crippen molar-refractivity contribution in [3.63, 3.8) is 0 Å². The summed E-state index contributed by atoms with van der Waals surface area (Å²) in [6, 6.07) is 13.4. The van der Waals surface area contributed by atoms with Crippen molar-refractivity contribution in [3.8, 4) is 11.1 Å². The zero-order valence-corrected chi connectivity index (χ0v) is 24.0. The van der Waals surface area contributed by atoms with E-state index >= 15 is 0 Å². The number of nitrogens with one attached hydrogen (secondary N) is 3. The number of benzene rings is 2. The van der Waals surface area contributed by atoms with Crippen molar-refractivity contribution in [2.24, 2.45) is 5.73 Å². The van der Waals surface area contributed by atoms with Gasteiger partial charge in [0.25, 0.3) is 0 Å². The molecule has 2 aliphatic heterocycles. The molecule has 12 nitrogen and oxygen atoms in total. The third kappa shape index (κ3) is 6.42. The van der Waals surface area contributed by atoms with Crippen LogP contribution in [0.4, 0.5) is 4.79 Å². The second-order valence-corrected chi connectivity index (χ2v) is 11.2. The maximum Gasteiger partial charge on any atom is 0.410 e. The van der Waals surface area contributed by atoms with Gasteiger partial charge in [-0.1, -0.05) is 48.5 Å². The standard InChI is InChI=1S/C31H38N6O6/c32-30(33)34-15-5-12-24(28(39)36-16-7-14-26(36)29(40)41)35-27(38)25-13-6-17-37(25)31(42)43-18-23-21-10-3-1-8-19(21)20-9-2-4-11-22(20)23/h1-4,8-11,23-26H,5-7,12-18H2,(H,35,38)(H,40,41)(H4,32,33,34)/t24-,25-,26-/m0/s1. The van der Waals surface area contributed by atoms with E-state index in [-0.39, 0.29) is 24.9 Å². The topological polar surface area (TPSA) is 178 Å². The van der Waals surface area contributed by atoms with Crippen LogP contribution in [0.2, 0.25) is 0 Å². The van der Waals surface area contributed by atoms with Gasteiger partial charge in [0.1, 0.15) is 24.7 Å². The molecule has 0 aromatic heterocycles. The molecule has 3 atom stereocenters.